The van der Waals surface area contributed by atoms with Gasteiger partial charge in [-0.05, 0) is 39.5 Å². The Morgan fingerprint density at radius 2 is 1.78 bits per heavy atom. The zero-order valence-electron chi connectivity index (χ0n) is 10.4. The van der Waals surface area contributed by atoms with Crippen molar-refractivity contribution in [1.82, 2.24) is 4.31 Å². The Morgan fingerprint density at radius 3 is 2.17 bits per heavy atom. The van der Waals surface area contributed by atoms with Crippen LogP contribution in [0.25, 0.3) is 0 Å². The van der Waals surface area contributed by atoms with E-state index in [4.69, 9.17) is 5.11 Å². The molecular weight excluding hydrogens is 258 g/mol. The molecule has 0 unspecified atom stereocenters. The highest BCUT2D eigenvalue weighted by atomic mass is 32.2. The average Bonchev–Trinajstić information content (AvgIpc) is 2.29. The number of rotatable bonds is 2. The van der Waals surface area contributed by atoms with Crippen molar-refractivity contribution >= 4 is 21.9 Å². The molecule has 7 heteroatoms. The Balaban J connectivity index is 2.09. The lowest BCUT2D eigenvalue weighted by Gasteiger charge is -2.48. The first-order valence-corrected chi connectivity index (χ1v) is 7.45. The lowest BCUT2D eigenvalue weighted by molar-refractivity contribution is -0.143. The van der Waals surface area contributed by atoms with E-state index in [-0.39, 0.29) is 11.9 Å². The number of sulfonamides is 1. The van der Waals surface area contributed by atoms with Crippen LogP contribution in [0.1, 0.15) is 39.5 Å². The van der Waals surface area contributed by atoms with E-state index >= 15 is 0 Å². The average molecular weight is 275 g/mol. The molecule has 2 fully saturated rings. The fourth-order valence-electron chi connectivity index (χ4n) is 2.61. The van der Waals surface area contributed by atoms with Crippen LogP contribution >= 0.6 is 0 Å². The van der Waals surface area contributed by atoms with Gasteiger partial charge in [0.2, 0.25) is 0 Å². The van der Waals surface area contributed by atoms with Crippen LogP contribution in [0.5, 0.6) is 0 Å². The van der Waals surface area contributed by atoms with Crippen LogP contribution in [0.2, 0.25) is 0 Å². The molecule has 0 bridgehead atoms. The number of carboxylic acid groups (broad SMARTS) is 1. The van der Waals surface area contributed by atoms with E-state index in [9.17, 15) is 18.0 Å². The maximum Gasteiger partial charge on any atom is 0.306 e. The van der Waals surface area contributed by atoms with Crippen molar-refractivity contribution in [3.8, 4) is 0 Å². The van der Waals surface area contributed by atoms with Gasteiger partial charge in [-0.2, -0.15) is 0 Å². The summed E-state index contributed by atoms with van der Waals surface area (Å²) in [5.41, 5.74) is 0. The third-order valence-corrected chi connectivity index (χ3v) is 6.44. The summed E-state index contributed by atoms with van der Waals surface area (Å²) in [4.78, 5) is 22.7. The number of aliphatic carboxylic acids is 1. The van der Waals surface area contributed by atoms with Crippen molar-refractivity contribution < 1.29 is 23.1 Å². The van der Waals surface area contributed by atoms with Gasteiger partial charge >= 0.3 is 5.97 Å². The van der Waals surface area contributed by atoms with Crippen molar-refractivity contribution in [3.05, 3.63) is 0 Å². The first-order valence-electron chi connectivity index (χ1n) is 6.01. The molecule has 1 aliphatic heterocycles. The van der Waals surface area contributed by atoms with Gasteiger partial charge < -0.3 is 5.11 Å². The minimum Gasteiger partial charge on any atom is -0.481 e. The van der Waals surface area contributed by atoms with Crippen LogP contribution < -0.4 is 0 Å². The lowest BCUT2D eigenvalue weighted by Crippen LogP contribution is -2.70. The topological polar surface area (TPSA) is 91.8 Å². The molecule has 0 radical (unpaired) electrons. The highest BCUT2D eigenvalue weighted by molar-refractivity contribution is 7.94. The van der Waals surface area contributed by atoms with E-state index in [0.29, 0.717) is 25.7 Å². The second-order valence-electron chi connectivity index (χ2n) is 5.46. The molecule has 1 amide bonds. The zero-order chi connectivity index (χ0) is 13.7. The van der Waals surface area contributed by atoms with Crippen LogP contribution in [0, 0.1) is 5.92 Å². The summed E-state index contributed by atoms with van der Waals surface area (Å²) in [5, 5.41) is 8.87. The Hall–Kier alpha value is -1.11. The summed E-state index contributed by atoms with van der Waals surface area (Å²) >= 11 is 0. The van der Waals surface area contributed by atoms with E-state index in [1.165, 1.54) is 13.8 Å². The van der Waals surface area contributed by atoms with Gasteiger partial charge in [-0.15, -0.1) is 0 Å². The molecule has 0 spiro atoms. The maximum absolute atomic E-state index is 12.0. The number of hydrogen-bond acceptors (Lipinski definition) is 4. The molecule has 6 nitrogen and oxygen atoms in total. The second-order valence-corrected chi connectivity index (χ2v) is 7.82. The van der Waals surface area contributed by atoms with Crippen molar-refractivity contribution in [1.29, 1.82) is 0 Å². The highest BCUT2D eigenvalue weighted by Gasteiger charge is 2.62. The van der Waals surface area contributed by atoms with Crippen molar-refractivity contribution in [3.63, 3.8) is 0 Å². The molecule has 102 valence electrons. The molecule has 18 heavy (non-hydrogen) atoms. The summed E-state index contributed by atoms with van der Waals surface area (Å²) in [5.74, 6) is -1.62. The standard InChI is InChI=1S/C11H17NO5S/c1-11(2)10(15)12(18(11,16)17)8-5-3-7(4-6-8)9(13)14/h7-8H,3-6H2,1-2H3,(H,13,14). The van der Waals surface area contributed by atoms with E-state index in [0.717, 1.165) is 4.31 Å². The fraction of sp³-hybridized carbons (Fsp3) is 0.818. The predicted molar refractivity (Wildman–Crippen MR) is 63.2 cm³/mol. The third-order valence-electron chi connectivity index (χ3n) is 4.00. The van der Waals surface area contributed by atoms with Crippen LogP contribution in [-0.4, -0.2) is 40.5 Å². The first-order chi connectivity index (χ1) is 8.19. The van der Waals surface area contributed by atoms with Crippen LogP contribution in [0.3, 0.4) is 0 Å². The zero-order valence-corrected chi connectivity index (χ0v) is 11.2. The quantitative estimate of drug-likeness (QED) is 0.796. The molecule has 1 heterocycles. The summed E-state index contributed by atoms with van der Waals surface area (Å²) in [6.45, 7) is 2.81. The number of carboxylic acids is 1. The van der Waals surface area contributed by atoms with Crippen LogP contribution in [0.4, 0.5) is 0 Å². The first kappa shape index (κ1) is 13.3. The van der Waals surface area contributed by atoms with Gasteiger partial charge in [-0.1, -0.05) is 0 Å². The molecule has 2 aliphatic rings. The summed E-state index contributed by atoms with van der Waals surface area (Å²) < 4.78 is 23.6. The molecule has 1 saturated carbocycles. The molecule has 0 atom stereocenters. The van der Waals surface area contributed by atoms with Crippen molar-refractivity contribution in [2.24, 2.45) is 5.92 Å². The molecule has 0 aromatic carbocycles. The predicted octanol–water partition coefficient (Wildman–Crippen LogP) is 0.580. The Labute approximate surface area is 106 Å². The van der Waals surface area contributed by atoms with Gasteiger partial charge in [-0.25, -0.2) is 12.7 Å². The maximum atomic E-state index is 12.0. The van der Waals surface area contributed by atoms with Gasteiger partial charge in [0.15, 0.2) is 4.75 Å². The van der Waals surface area contributed by atoms with Gasteiger partial charge in [-0.3, -0.25) is 9.59 Å². The number of amides is 1. The summed E-state index contributed by atoms with van der Waals surface area (Å²) in [6.07, 6.45) is 1.75. The molecule has 1 saturated heterocycles. The Kier molecular flexibility index (Phi) is 2.92. The largest absolute Gasteiger partial charge is 0.481 e. The molecule has 1 aliphatic carbocycles. The van der Waals surface area contributed by atoms with Gasteiger partial charge in [0.25, 0.3) is 15.9 Å². The van der Waals surface area contributed by atoms with E-state index < -0.39 is 26.7 Å². The number of carbonyl (C=O) groups excluding carboxylic acids is 1. The van der Waals surface area contributed by atoms with E-state index in [1.54, 1.807) is 0 Å². The molecule has 1 N–H and O–H groups in total. The molecule has 2 rings (SSSR count). The van der Waals surface area contributed by atoms with E-state index in [2.05, 4.69) is 0 Å². The number of carbonyl (C=O) groups is 2. The highest BCUT2D eigenvalue weighted by Crippen LogP contribution is 2.41. The molecule has 0 aromatic rings. The second kappa shape index (κ2) is 3.94. The molecular formula is C11H17NO5S. The fourth-order valence-corrected chi connectivity index (χ4v) is 4.34. The minimum absolute atomic E-state index is 0.355. The van der Waals surface area contributed by atoms with Crippen molar-refractivity contribution in [2.75, 3.05) is 0 Å². The lowest BCUT2D eigenvalue weighted by atomic mass is 9.86. The van der Waals surface area contributed by atoms with Crippen molar-refractivity contribution in [2.45, 2.75) is 50.3 Å². The monoisotopic (exact) mass is 275 g/mol. The SMILES string of the molecule is CC1(C)C(=O)N(C2CCC(C(=O)O)CC2)S1(=O)=O. The Morgan fingerprint density at radius 1 is 1.28 bits per heavy atom. The van der Waals surface area contributed by atoms with Gasteiger partial charge in [0, 0.05) is 6.04 Å². The normalized spacial score (nSPS) is 33.9. The smallest absolute Gasteiger partial charge is 0.306 e. The molecule has 0 aromatic heterocycles. The van der Waals surface area contributed by atoms with Crippen LogP contribution in [0.15, 0.2) is 0 Å². The summed E-state index contributed by atoms with van der Waals surface area (Å²) in [7, 11) is -3.55. The third kappa shape index (κ3) is 1.64. The Bertz CT molecular complexity index is 488. The van der Waals surface area contributed by atoms with Gasteiger partial charge in [0.05, 0.1) is 5.92 Å². The number of hydrogen-bond donors (Lipinski definition) is 1. The van der Waals surface area contributed by atoms with Crippen LogP contribution in [-0.2, 0) is 19.6 Å². The number of nitrogens with zero attached hydrogens (tertiary/aromatic N) is 1. The summed E-state index contributed by atoms with van der Waals surface area (Å²) in [6, 6.07) is -0.355. The van der Waals surface area contributed by atoms with Gasteiger partial charge in [0.1, 0.15) is 0 Å². The minimum atomic E-state index is -3.55. The van der Waals surface area contributed by atoms with E-state index in [1.807, 2.05) is 0 Å².